The van der Waals surface area contributed by atoms with E-state index in [0.29, 0.717) is 10.9 Å². The highest BCUT2D eigenvalue weighted by molar-refractivity contribution is 8.04. The molecule has 1 saturated carbocycles. The summed E-state index contributed by atoms with van der Waals surface area (Å²) in [7, 11) is 3.61. The van der Waals surface area contributed by atoms with Gasteiger partial charge in [0.15, 0.2) is 0 Å². The first-order chi connectivity index (χ1) is 14.4. The van der Waals surface area contributed by atoms with Gasteiger partial charge in [-0.3, -0.25) is 14.3 Å². The summed E-state index contributed by atoms with van der Waals surface area (Å²) in [5.74, 6) is 0.240. The predicted octanol–water partition coefficient (Wildman–Crippen LogP) is 3.30. The number of nitrogens with zero attached hydrogens (tertiary/aromatic N) is 3. The van der Waals surface area contributed by atoms with Gasteiger partial charge in [-0.1, -0.05) is 17.8 Å². The van der Waals surface area contributed by atoms with E-state index >= 15 is 0 Å². The van der Waals surface area contributed by atoms with Gasteiger partial charge in [-0.05, 0) is 58.4 Å². The van der Waals surface area contributed by atoms with Gasteiger partial charge in [0.25, 0.3) is 5.91 Å². The molecule has 0 aromatic carbocycles. The highest BCUT2D eigenvalue weighted by Crippen LogP contribution is 2.33. The van der Waals surface area contributed by atoms with Crippen LogP contribution in [0.25, 0.3) is 0 Å². The molecule has 0 radical (unpaired) electrons. The van der Waals surface area contributed by atoms with Crippen molar-refractivity contribution >= 4 is 23.6 Å². The molecule has 2 fully saturated rings. The zero-order valence-electron chi connectivity index (χ0n) is 18.5. The largest absolute Gasteiger partial charge is 0.381 e. The second-order valence-electron chi connectivity index (χ2n) is 8.42. The number of rotatable bonds is 6. The summed E-state index contributed by atoms with van der Waals surface area (Å²) in [4.78, 5) is 27.5. The highest BCUT2D eigenvalue weighted by atomic mass is 32.2. The topological polar surface area (TPSA) is 76.5 Å². The van der Waals surface area contributed by atoms with Crippen molar-refractivity contribution in [3.8, 4) is 0 Å². The molecule has 30 heavy (non-hydrogen) atoms. The number of carbonyl (C=O) groups excluding carboxylic acids is 2. The lowest BCUT2D eigenvalue weighted by molar-refractivity contribution is -0.134. The quantitative estimate of drug-likeness (QED) is 0.549. The molecular weight excluding hydrogens is 400 g/mol. The maximum absolute atomic E-state index is 12.9. The number of amides is 2. The fourth-order valence-electron chi connectivity index (χ4n) is 4.22. The van der Waals surface area contributed by atoms with Crippen LogP contribution in [-0.2, 0) is 14.3 Å². The van der Waals surface area contributed by atoms with Crippen molar-refractivity contribution in [2.24, 2.45) is 5.92 Å². The van der Waals surface area contributed by atoms with Crippen LogP contribution in [0.15, 0.2) is 22.1 Å². The van der Waals surface area contributed by atoms with E-state index in [2.05, 4.69) is 21.2 Å². The molecule has 1 aromatic heterocycles. The predicted molar refractivity (Wildman–Crippen MR) is 118 cm³/mol. The Morgan fingerprint density at radius 3 is 2.47 bits per heavy atom. The Kier molecular flexibility index (Phi) is 7.99. The van der Waals surface area contributed by atoms with Crippen molar-refractivity contribution in [2.75, 3.05) is 27.3 Å². The molecule has 0 unspecified atom stereocenters. The van der Waals surface area contributed by atoms with Gasteiger partial charge in [0, 0.05) is 39.3 Å². The minimum absolute atomic E-state index is 0.0396. The molecule has 166 valence electrons. The van der Waals surface area contributed by atoms with E-state index in [9.17, 15) is 9.59 Å². The molecule has 1 saturated heterocycles. The van der Waals surface area contributed by atoms with E-state index in [1.54, 1.807) is 19.0 Å². The van der Waals surface area contributed by atoms with E-state index in [-0.39, 0.29) is 23.8 Å². The van der Waals surface area contributed by atoms with E-state index in [0.717, 1.165) is 62.5 Å². The number of ether oxygens (including phenoxy) is 1. The average molecular weight is 435 g/mol. The zero-order valence-corrected chi connectivity index (χ0v) is 19.3. The summed E-state index contributed by atoms with van der Waals surface area (Å²) in [5.41, 5.74) is 0.962. The average Bonchev–Trinajstić information content (AvgIpc) is 3.12. The second kappa shape index (κ2) is 10.5. The van der Waals surface area contributed by atoms with E-state index in [1.807, 2.05) is 19.9 Å². The Morgan fingerprint density at radius 2 is 1.87 bits per heavy atom. The first-order valence-electron chi connectivity index (χ1n) is 10.9. The molecule has 2 amide bonds. The maximum atomic E-state index is 12.9. The number of nitrogens with one attached hydrogen (secondary N) is 1. The zero-order chi connectivity index (χ0) is 21.7. The van der Waals surface area contributed by atoms with Gasteiger partial charge < -0.3 is 15.0 Å². The summed E-state index contributed by atoms with van der Waals surface area (Å²) < 4.78 is 7.55. The Morgan fingerprint density at radius 1 is 1.20 bits per heavy atom. The van der Waals surface area contributed by atoms with Gasteiger partial charge in [-0.25, -0.2) is 0 Å². The summed E-state index contributed by atoms with van der Waals surface area (Å²) in [6.07, 6.45) is 7.11. The molecule has 0 spiro atoms. The van der Waals surface area contributed by atoms with Crippen LogP contribution >= 0.6 is 11.8 Å². The fourth-order valence-corrected chi connectivity index (χ4v) is 5.22. The van der Waals surface area contributed by atoms with Crippen molar-refractivity contribution in [1.82, 2.24) is 20.0 Å². The number of hydrogen-bond donors (Lipinski definition) is 1. The van der Waals surface area contributed by atoms with Crippen LogP contribution in [0.5, 0.6) is 0 Å². The molecule has 1 aliphatic heterocycles. The van der Waals surface area contributed by atoms with Gasteiger partial charge in [0.05, 0.1) is 21.7 Å². The molecule has 0 atom stereocenters. The minimum Gasteiger partial charge on any atom is -0.381 e. The lowest BCUT2D eigenvalue weighted by Gasteiger charge is -2.30. The monoisotopic (exact) mass is 434 g/mol. The Hall–Kier alpha value is -1.80. The Balaban J connectivity index is 1.58. The second-order valence-corrected chi connectivity index (χ2v) is 9.48. The van der Waals surface area contributed by atoms with Crippen LogP contribution in [-0.4, -0.2) is 59.8 Å². The van der Waals surface area contributed by atoms with Gasteiger partial charge in [0.2, 0.25) is 5.91 Å². The van der Waals surface area contributed by atoms with Crippen LogP contribution in [0.1, 0.15) is 57.2 Å². The fraction of sp³-hybridized carbons (Fsp3) is 0.682. The highest BCUT2D eigenvalue weighted by Gasteiger charge is 2.29. The molecule has 8 heteroatoms. The van der Waals surface area contributed by atoms with Gasteiger partial charge >= 0.3 is 0 Å². The number of aryl methyl sites for hydroxylation is 1. The van der Waals surface area contributed by atoms with Crippen LogP contribution in [0.2, 0.25) is 0 Å². The van der Waals surface area contributed by atoms with Gasteiger partial charge in [0.1, 0.15) is 0 Å². The van der Waals surface area contributed by atoms with Gasteiger partial charge in [-0.2, -0.15) is 5.10 Å². The van der Waals surface area contributed by atoms with Crippen LogP contribution in [0, 0.1) is 12.8 Å². The summed E-state index contributed by atoms with van der Waals surface area (Å²) in [6, 6.07) is 2.50. The molecule has 1 N–H and O–H groups in total. The molecule has 2 aliphatic rings. The van der Waals surface area contributed by atoms with Crippen molar-refractivity contribution < 1.29 is 14.3 Å². The van der Waals surface area contributed by atoms with Crippen LogP contribution in [0.3, 0.4) is 0 Å². The van der Waals surface area contributed by atoms with Crippen LogP contribution < -0.4 is 5.32 Å². The van der Waals surface area contributed by atoms with E-state index in [1.165, 1.54) is 11.8 Å². The standard InChI is InChI=1S/C22H34N4O3S/c1-5-19(21(27)23-17-8-6-16(7-9-17)22(28)25(3)4)30-20-14-15(2)24-26(20)18-10-12-29-13-11-18/h5,14,16-18H,6-13H2,1-4H3,(H,23,27)/b19-5-. The molecule has 3 rings (SSSR count). The summed E-state index contributed by atoms with van der Waals surface area (Å²) >= 11 is 1.48. The van der Waals surface area contributed by atoms with E-state index in [4.69, 9.17) is 4.74 Å². The molecule has 2 heterocycles. The third-order valence-electron chi connectivity index (χ3n) is 5.91. The van der Waals surface area contributed by atoms with Crippen molar-refractivity contribution in [3.05, 3.63) is 22.7 Å². The molecular formula is C22H34N4O3S. The molecule has 1 aromatic rings. The molecule has 7 nitrogen and oxygen atoms in total. The smallest absolute Gasteiger partial charge is 0.257 e. The number of aromatic nitrogens is 2. The van der Waals surface area contributed by atoms with E-state index < -0.39 is 0 Å². The minimum atomic E-state index is -0.0396. The number of hydrogen-bond acceptors (Lipinski definition) is 5. The normalized spacial score (nSPS) is 23.3. The Bertz CT molecular complexity index is 775. The summed E-state index contributed by atoms with van der Waals surface area (Å²) in [5, 5.41) is 8.87. The van der Waals surface area contributed by atoms with Crippen molar-refractivity contribution in [2.45, 2.75) is 69.5 Å². The summed E-state index contributed by atoms with van der Waals surface area (Å²) in [6.45, 7) is 5.40. The number of carbonyl (C=O) groups is 2. The number of allylic oxidation sites excluding steroid dienone is 1. The number of thioether (sulfide) groups is 1. The van der Waals surface area contributed by atoms with Crippen molar-refractivity contribution in [1.29, 1.82) is 0 Å². The van der Waals surface area contributed by atoms with Crippen molar-refractivity contribution in [3.63, 3.8) is 0 Å². The lowest BCUT2D eigenvalue weighted by atomic mass is 9.85. The van der Waals surface area contributed by atoms with Crippen LogP contribution in [0.4, 0.5) is 0 Å². The maximum Gasteiger partial charge on any atom is 0.257 e. The molecule has 0 bridgehead atoms. The Labute approximate surface area is 183 Å². The SMILES string of the molecule is C/C=C(\Sc1cc(C)nn1C1CCOCC1)C(=O)NC1CCC(C(=O)N(C)C)CC1. The first-order valence-corrected chi connectivity index (χ1v) is 11.7. The lowest BCUT2D eigenvalue weighted by Crippen LogP contribution is -2.40. The first kappa shape index (κ1) is 22.9. The molecule has 1 aliphatic carbocycles. The third-order valence-corrected chi connectivity index (χ3v) is 7.07. The van der Waals surface area contributed by atoms with Gasteiger partial charge in [-0.15, -0.1) is 0 Å². The third kappa shape index (κ3) is 5.66.